The van der Waals surface area contributed by atoms with Crippen LogP contribution in [0.3, 0.4) is 0 Å². The summed E-state index contributed by atoms with van der Waals surface area (Å²) in [4.78, 5) is 12.4. The Morgan fingerprint density at radius 2 is 2.00 bits per heavy atom. The fourth-order valence-corrected chi connectivity index (χ4v) is 3.23. The second-order valence-corrected chi connectivity index (χ2v) is 6.79. The second-order valence-electron chi connectivity index (χ2n) is 5.80. The smallest absolute Gasteiger partial charge is 0.333 e. The first-order valence-corrected chi connectivity index (χ1v) is 9.14. The van der Waals surface area contributed by atoms with E-state index in [2.05, 4.69) is 31.7 Å². The number of hydrogen-bond acceptors (Lipinski definition) is 4. The quantitative estimate of drug-likeness (QED) is 0.242. The monoisotopic (exact) mass is 352 g/mol. The maximum atomic E-state index is 11.4. The van der Waals surface area contributed by atoms with Crippen LogP contribution >= 0.6 is 11.8 Å². The number of esters is 1. The molecule has 3 rings (SSSR count). The number of carbonyl (C=O) groups is 1. The Balaban J connectivity index is 1.80. The van der Waals surface area contributed by atoms with E-state index in [9.17, 15) is 4.79 Å². The van der Waals surface area contributed by atoms with Gasteiger partial charge in [-0.2, -0.15) is 0 Å². The number of carbonyl (C=O) groups excluding carboxylic acids is 1. The number of aryl methyl sites for hydroxylation is 1. The molecule has 0 saturated carbocycles. The van der Waals surface area contributed by atoms with Crippen molar-refractivity contribution in [2.75, 3.05) is 5.94 Å². The molecule has 0 N–H and O–H groups in total. The summed E-state index contributed by atoms with van der Waals surface area (Å²) in [6.07, 6.45) is 0.961. The first-order chi connectivity index (χ1) is 12.1. The number of furan rings is 1. The van der Waals surface area contributed by atoms with Crippen LogP contribution in [0.2, 0.25) is 0 Å². The molecule has 0 unspecified atom stereocenters. The molecule has 1 aromatic heterocycles. The van der Waals surface area contributed by atoms with Crippen LogP contribution in [0, 0.1) is 0 Å². The van der Waals surface area contributed by atoms with Crippen molar-refractivity contribution in [2.45, 2.75) is 25.2 Å². The molecule has 0 spiro atoms. The highest BCUT2D eigenvalue weighted by atomic mass is 32.2. The summed E-state index contributed by atoms with van der Waals surface area (Å²) in [5.74, 6) is 0.761. The molecule has 3 nitrogen and oxygen atoms in total. The number of thioether (sulfide) groups is 1. The molecule has 0 aliphatic rings. The lowest BCUT2D eigenvalue weighted by atomic mass is 10.0. The van der Waals surface area contributed by atoms with Gasteiger partial charge in [-0.15, -0.1) is 0 Å². The minimum atomic E-state index is -0.370. The lowest BCUT2D eigenvalue weighted by Gasteiger charge is -2.04. The molecule has 3 aromatic rings. The first-order valence-electron chi connectivity index (χ1n) is 8.15. The largest absolute Gasteiger partial charge is 0.456 e. The Morgan fingerprint density at radius 3 is 2.76 bits per heavy atom. The van der Waals surface area contributed by atoms with Gasteiger partial charge in [0, 0.05) is 21.4 Å². The maximum Gasteiger partial charge on any atom is 0.333 e. The average molecular weight is 352 g/mol. The number of rotatable bonds is 6. The van der Waals surface area contributed by atoms with Crippen LogP contribution in [0.5, 0.6) is 0 Å². The van der Waals surface area contributed by atoms with Gasteiger partial charge in [-0.25, -0.2) is 4.79 Å². The third kappa shape index (κ3) is 3.97. The van der Waals surface area contributed by atoms with Gasteiger partial charge >= 0.3 is 5.97 Å². The highest BCUT2D eigenvalue weighted by molar-refractivity contribution is 7.99. The van der Waals surface area contributed by atoms with E-state index >= 15 is 0 Å². The van der Waals surface area contributed by atoms with Gasteiger partial charge < -0.3 is 9.15 Å². The second kappa shape index (κ2) is 7.62. The van der Waals surface area contributed by atoms with Crippen molar-refractivity contribution in [1.29, 1.82) is 0 Å². The van der Waals surface area contributed by atoms with Crippen LogP contribution in [-0.4, -0.2) is 11.9 Å². The molecule has 0 radical (unpaired) electrons. The van der Waals surface area contributed by atoms with Crippen LogP contribution < -0.4 is 0 Å². The van der Waals surface area contributed by atoms with E-state index < -0.39 is 0 Å². The maximum absolute atomic E-state index is 11.4. The fourth-order valence-electron chi connectivity index (χ4n) is 2.58. The molecule has 0 aliphatic heterocycles. The first kappa shape index (κ1) is 17.4. The molecule has 0 saturated heterocycles. The SMILES string of the molecule is C=C(C)C(=O)OCSc1ccc2cc(-c3ccccc3CC)oc2c1. The van der Waals surface area contributed by atoms with Crippen molar-refractivity contribution in [2.24, 2.45) is 0 Å². The molecule has 1 heterocycles. The van der Waals surface area contributed by atoms with E-state index in [1.165, 1.54) is 17.3 Å². The molecular formula is C21H20O3S. The topological polar surface area (TPSA) is 39.4 Å². The molecule has 0 aliphatic carbocycles. The van der Waals surface area contributed by atoms with Gasteiger partial charge in [0.25, 0.3) is 0 Å². The number of benzene rings is 2. The predicted octanol–water partition coefficient (Wildman–Crippen LogP) is 5.83. The molecule has 0 bridgehead atoms. The van der Waals surface area contributed by atoms with Gasteiger partial charge in [-0.3, -0.25) is 0 Å². The predicted molar refractivity (Wildman–Crippen MR) is 103 cm³/mol. The molecule has 0 fully saturated rings. The molecule has 128 valence electrons. The minimum Gasteiger partial charge on any atom is -0.456 e. The zero-order valence-corrected chi connectivity index (χ0v) is 15.2. The Hall–Kier alpha value is -2.46. The number of hydrogen-bond donors (Lipinski definition) is 0. The molecule has 0 atom stereocenters. The van der Waals surface area contributed by atoms with E-state index in [1.54, 1.807) is 6.92 Å². The summed E-state index contributed by atoms with van der Waals surface area (Å²) in [5, 5.41) is 1.06. The lowest BCUT2D eigenvalue weighted by molar-refractivity contribution is -0.136. The van der Waals surface area contributed by atoms with Gasteiger partial charge in [-0.1, -0.05) is 49.5 Å². The standard InChI is InChI=1S/C21H20O3S/c1-4-15-7-5-6-8-18(15)20-11-16-9-10-17(12-19(16)24-20)25-13-23-21(22)14(2)3/h5-12H,2,4,13H2,1,3H3. The summed E-state index contributed by atoms with van der Waals surface area (Å²) in [6, 6.07) is 16.4. The Morgan fingerprint density at radius 1 is 1.20 bits per heavy atom. The zero-order valence-electron chi connectivity index (χ0n) is 14.4. The van der Waals surface area contributed by atoms with Crippen LogP contribution in [0.25, 0.3) is 22.3 Å². The van der Waals surface area contributed by atoms with Crippen LogP contribution in [0.1, 0.15) is 19.4 Å². The summed E-state index contributed by atoms with van der Waals surface area (Å²) in [7, 11) is 0. The van der Waals surface area contributed by atoms with Crippen molar-refractivity contribution in [3.05, 3.63) is 66.2 Å². The minimum absolute atomic E-state index is 0.253. The normalized spacial score (nSPS) is 10.8. The van der Waals surface area contributed by atoms with Crippen molar-refractivity contribution in [3.8, 4) is 11.3 Å². The molecular weight excluding hydrogens is 332 g/mol. The Bertz CT molecular complexity index is 924. The molecule has 0 amide bonds. The zero-order chi connectivity index (χ0) is 17.8. The van der Waals surface area contributed by atoms with Crippen molar-refractivity contribution in [1.82, 2.24) is 0 Å². The van der Waals surface area contributed by atoms with Gasteiger partial charge in [0.2, 0.25) is 0 Å². The molecule has 2 aromatic carbocycles. The Labute approximate surface area is 151 Å². The van der Waals surface area contributed by atoms with E-state index in [0.29, 0.717) is 5.57 Å². The number of ether oxygens (including phenoxy) is 1. The average Bonchev–Trinajstić information content (AvgIpc) is 3.04. The highest BCUT2D eigenvalue weighted by Gasteiger charge is 2.10. The highest BCUT2D eigenvalue weighted by Crippen LogP contribution is 2.32. The summed E-state index contributed by atoms with van der Waals surface area (Å²) < 4.78 is 11.2. The van der Waals surface area contributed by atoms with Crippen LogP contribution in [-0.2, 0) is 16.0 Å². The van der Waals surface area contributed by atoms with Crippen LogP contribution in [0.4, 0.5) is 0 Å². The van der Waals surface area contributed by atoms with E-state index in [4.69, 9.17) is 9.15 Å². The van der Waals surface area contributed by atoms with E-state index in [1.807, 2.05) is 30.3 Å². The summed E-state index contributed by atoms with van der Waals surface area (Å²) >= 11 is 1.45. The summed E-state index contributed by atoms with van der Waals surface area (Å²) in [5.41, 5.74) is 3.63. The van der Waals surface area contributed by atoms with Gasteiger partial charge in [0.15, 0.2) is 0 Å². The Kier molecular flexibility index (Phi) is 5.29. The van der Waals surface area contributed by atoms with Crippen molar-refractivity contribution < 1.29 is 13.9 Å². The summed E-state index contributed by atoms with van der Waals surface area (Å²) in [6.45, 7) is 7.35. The fraction of sp³-hybridized carbons (Fsp3) is 0.190. The van der Waals surface area contributed by atoms with Gasteiger partial charge in [0.1, 0.15) is 17.3 Å². The third-order valence-electron chi connectivity index (χ3n) is 3.92. The van der Waals surface area contributed by atoms with E-state index in [-0.39, 0.29) is 11.9 Å². The number of fused-ring (bicyclic) bond motifs is 1. The van der Waals surface area contributed by atoms with Crippen LogP contribution in [0.15, 0.2) is 70.0 Å². The van der Waals surface area contributed by atoms with E-state index in [0.717, 1.165) is 33.6 Å². The van der Waals surface area contributed by atoms with Gasteiger partial charge in [-0.05, 0) is 43.2 Å². The van der Waals surface area contributed by atoms with Crippen molar-refractivity contribution >= 4 is 28.7 Å². The lowest BCUT2D eigenvalue weighted by Crippen LogP contribution is -2.03. The van der Waals surface area contributed by atoms with Gasteiger partial charge in [0.05, 0.1) is 0 Å². The van der Waals surface area contributed by atoms with Crippen molar-refractivity contribution in [3.63, 3.8) is 0 Å². The molecule has 25 heavy (non-hydrogen) atoms. The molecule has 4 heteroatoms. The third-order valence-corrected chi connectivity index (χ3v) is 4.74.